The van der Waals surface area contributed by atoms with Gasteiger partial charge in [0.05, 0.1) is 25.2 Å². The van der Waals surface area contributed by atoms with Gasteiger partial charge in [-0.05, 0) is 75.5 Å². The lowest BCUT2D eigenvalue weighted by molar-refractivity contribution is -0.140. The highest BCUT2D eigenvalue weighted by atomic mass is 16.5. The van der Waals surface area contributed by atoms with Gasteiger partial charge in [-0.1, -0.05) is 42.5 Å². The highest BCUT2D eigenvalue weighted by molar-refractivity contribution is 6.10. The molecule has 13 heteroatoms. The molecule has 1 spiro atoms. The van der Waals surface area contributed by atoms with Crippen LogP contribution in [-0.2, 0) is 37.7 Å². The first-order valence-electron chi connectivity index (χ1n) is 17.5. The summed E-state index contributed by atoms with van der Waals surface area (Å²) in [5, 5.41) is 33.1. The van der Waals surface area contributed by atoms with Crippen molar-refractivity contribution in [3.8, 4) is 0 Å². The van der Waals surface area contributed by atoms with Crippen molar-refractivity contribution in [2.45, 2.75) is 69.6 Å². The molecular weight excluding hydrogens is 638 g/mol. The summed E-state index contributed by atoms with van der Waals surface area (Å²) in [6, 6.07) is 15.5. The van der Waals surface area contributed by atoms with Crippen LogP contribution in [0.3, 0.4) is 0 Å². The Labute approximate surface area is 292 Å². The first kappa shape index (κ1) is 35.2. The smallest absolute Gasteiger partial charge is 0.305 e. The van der Waals surface area contributed by atoms with Crippen LogP contribution in [-0.4, -0.2) is 88.5 Å². The van der Waals surface area contributed by atoms with Gasteiger partial charge >= 0.3 is 5.97 Å². The lowest BCUT2D eigenvalue weighted by atomic mass is 9.82. The first-order chi connectivity index (χ1) is 24.2. The largest absolute Gasteiger partial charge is 0.469 e. The Morgan fingerprint density at radius 1 is 1.06 bits per heavy atom. The van der Waals surface area contributed by atoms with E-state index in [1.807, 2.05) is 67.6 Å². The molecule has 3 aliphatic heterocycles. The van der Waals surface area contributed by atoms with Gasteiger partial charge in [0.2, 0.25) is 0 Å². The van der Waals surface area contributed by atoms with Gasteiger partial charge in [0, 0.05) is 61.6 Å². The van der Waals surface area contributed by atoms with Crippen molar-refractivity contribution in [1.29, 1.82) is 0 Å². The number of fused-ring (bicyclic) bond motifs is 1. The summed E-state index contributed by atoms with van der Waals surface area (Å²) in [5.41, 5.74) is 0.810. The van der Waals surface area contributed by atoms with Crippen LogP contribution >= 0.6 is 0 Å². The second-order valence-electron chi connectivity index (χ2n) is 13.3. The molecule has 2 aromatic carbocycles. The molecule has 3 N–H and O–H groups in total. The number of esters is 1. The van der Waals surface area contributed by atoms with E-state index in [-0.39, 0.29) is 24.9 Å². The third kappa shape index (κ3) is 6.64. The Kier molecular flexibility index (Phi) is 10.7. The van der Waals surface area contributed by atoms with Gasteiger partial charge in [0.15, 0.2) is 5.60 Å². The van der Waals surface area contributed by atoms with E-state index in [1.54, 1.807) is 20.7 Å². The Morgan fingerprint density at radius 2 is 1.84 bits per heavy atom. The molecule has 0 unspecified atom stereocenters. The van der Waals surface area contributed by atoms with Crippen LogP contribution < -0.4 is 20.0 Å². The molecule has 3 aromatic rings. The van der Waals surface area contributed by atoms with Crippen molar-refractivity contribution in [2.24, 2.45) is 5.92 Å². The summed E-state index contributed by atoms with van der Waals surface area (Å²) in [6.45, 7) is 4.51. The molecule has 0 radical (unpaired) electrons. The number of nitrogens with one attached hydrogen (secondary N) is 1. The molecule has 2 saturated heterocycles. The number of hydrogen-bond acceptors (Lipinski definition) is 10. The summed E-state index contributed by atoms with van der Waals surface area (Å²) in [7, 11) is 1.35. The van der Waals surface area contributed by atoms with Gasteiger partial charge in [-0.2, -0.15) is 0 Å². The summed E-state index contributed by atoms with van der Waals surface area (Å²) in [5.74, 6) is -1.33. The minimum atomic E-state index is -1.87. The molecule has 0 aliphatic carbocycles. The predicted molar refractivity (Wildman–Crippen MR) is 188 cm³/mol. The number of piperidine rings is 1. The molecular formula is C37H47N7O6. The van der Waals surface area contributed by atoms with Gasteiger partial charge in [-0.15, -0.1) is 5.10 Å². The number of methoxy groups -OCH3 is 1. The second-order valence-corrected chi connectivity index (χ2v) is 13.3. The minimum absolute atomic E-state index is 0.00373. The molecule has 4 heterocycles. The zero-order valence-electron chi connectivity index (χ0n) is 28.8. The van der Waals surface area contributed by atoms with Crippen LogP contribution in [0.1, 0.15) is 56.7 Å². The molecule has 50 heavy (non-hydrogen) atoms. The lowest BCUT2D eigenvalue weighted by Crippen LogP contribution is -2.55. The van der Waals surface area contributed by atoms with Gasteiger partial charge in [0.1, 0.15) is 5.54 Å². The molecule has 1 aromatic heterocycles. The number of carbonyl (C=O) groups is 3. The van der Waals surface area contributed by atoms with Crippen molar-refractivity contribution in [3.05, 3.63) is 78.1 Å². The fourth-order valence-corrected chi connectivity index (χ4v) is 7.46. The normalized spacial score (nSPS) is 20.7. The van der Waals surface area contributed by atoms with E-state index >= 15 is 0 Å². The molecule has 266 valence electrons. The summed E-state index contributed by atoms with van der Waals surface area (Å²) < 4.78 is 6.48. The Morgan fingerprint density at radius 3 is 2.58 bits per heavy atom. The van der Waals surface area contributed by atoms with Crippen LogP contribution in [0, 0.1) is 5.92 Å². The van der Waals surface area contributed by atoms with Crippen LogP contribution in [0.2, 0.25) is 0 Å². The fourth-order valence-electron chi connectivity index (χ4n) is 7.46. The highest BCUT2D eigenvalue weighted by Crippen LogP contribution is 2.48. The maximum absolute atomic E-state index is 14.4. The number of aliphatic hydroxyl groups is 2. The van der Waals surface area contributed by atoms with Gasteiger partial charge in [0.25, 0.3) is 11.8 Å². The number of allylic oxidation sites excluding steroid dienone is 1. The van der Waals surface area contributed by atoms with E-state index in [0.717, 1.165) is 18.8 Å². The number of rotatable bonds is 14. The predicted octanol–water partition coefficient (Wildman–Crippen LogP) is 2.91. The van der Waals surface area contributed by atoms with E-state index in [0.29, 0.717) is 80.9 Å². The number of hydrogen-bond donors (Lipinski definition) is 3. The number of carbonyl (C=O) groups excluding carboxylic acids is 3. The van der Waals surface area contributed by atoms with Crippen molar-refractivity contribution in [3.63, 3.8) is 0 Å². The Balaban J connectivity index is 1.29. The topological polar surface area (TPSA) is 153 Å². The number of benzene rings is 2. The van der Waals surface area contributed by atoms with Crippen molar-refractivity contribution >= 4 is 34.8 Å². The van der Waals surface area contributed by atoms with Gasteiger partial charge in [-0.25, -0.2) is 0 Å². The number of ether oxygens (including phenoxy) is 1. The highest BCUT2D eigenvalue weighted by Gasteiger charge is 2.55. The van der Waals surface area contributed by atoms with E-state index in [4.69, 9.17) is 9.84 Å². The van der Waals surface area contributed by atoms with Gasteiger partial charge in [-0.3, -0.25) is 24.0 Å². The molecule has 0 saturated carbocycles. The summed E-state index contributed by atoms with van der Waals surface area (Å²) >= 11 is 0. The van der Waals surface area contributed by atoms with Crippen LogP contribution in [0.15, 0.2) is 66.9 Å². The van der Waals surface area contributed by atoms with Crippen LogP contribution in [0.5, 0.6) is 0 Å². The Bertz CT molecular complexity index is 1700. The number of nitrogens with zero attached hydrogens (tertiary/aromatic N) is 6. The van der Waals surface area contributed by atoms with E-state index in [1.165, 1.54) is 7.11 Å². The quantitative estimate of drug-likeness (QED) is 0.131. The number of amides is 2. The lowest BCUT2D eigenvalue weighted by Gasteiger charge is -2.39. The third-order valence-corrected chi connectivity index (χ3v) is 10.3. The molecule has 2 atom stereocenters. The molecule has 13 nitrogen and oxygen atoms in total. The van der Waals surface area contributed by atoms with E-state index in [2.05, 4.69) is 20.5 Å². The van der Waals surface area contributed by atoms with Crippen molar-refractivity contribution in [1.82, 2.24) is 20.3 Å². The number of anilines is 3. The molecule has 0 bridgehead atoms. The number of unbranched alkanes of at least 4 members (excludes halogenated alkanes) is 1. The average molecular weight is 686 g/mol. The summed E-state index contributed by atoms with van der Waals surface area (Å²) in [6.07, 6.45) is 9.27. The minimum Gasteiger partial charge on any atom is -0.469 e. The second kappa shape index (κ2) is 15.1. The van der Waals surface area contributed by atoms with Crippen LogP contribution in [0.4, 0.5) is 17.1 Å². The maximum Gasteiger partial charge on any atom is 0.305 e. The van der Waals surface area contributed by atoms with Crippen LogP contribution in [0.25, 0.3) is 0 Å². The van der Waals surface area contributed by atoms with Gasteiger partial charge < -0.3 is 30.1 Å². The average Bonchev–Trinajstić information content (AvgIpc) is 3.77. The zero-order chi connectivity index (χ0) is 35.3. The Hall–Kier alpha value is -4.59. The number of aromatic nitrogens is 3. The van der Waals surface area contributed by atoms with E-state index in [9.17, 15) is 19.5 Å². The number of aliphatic hydroxyl groups excluding tert-OH is 1. The molecule has 2 fully saturated rings. The SMILES string of the molecule is COC(=O)CCCCN1C(=O)[C@@](O)([C@@H](C)/C=C/CCn2cc(CCO)nn2)c2cc(N3CN(c4ccccc4)C4(CCNCC4)C3=O)ccc21. The number of para-hydroxylation sites is 1. The van der Waals surface area contributed by atoms with E-state index < -0.39 is 23.0 Å². The zero-order valence-corrected chi connectivity index (χ0v) is 28.8. The van der Waals surface area contributed by atoms with Crippen molar-refractivity contribution < 1.29 is 29.3 Å². The fraction of sp³-hybridized carbons (Fsp3) is 0.486. The third-order valence-electron chi connectivity index (χ3n) is 10.3. The maximum atomic E-state index is 14.4. The van der Waals surface area contributed by atoms with Crippen molar-refractivity contribution in [2.75, 3.05) is 54.7 Å². The monoisotopic (exact) mass is 685 g/mol. The molecule has 3 aliphatic rings. The number of aryl methyl sites for hydroxylation is 1. The standard InChI is InChI=1S/C37H47N7O6/c1-27(10-6-8-21-41-25-28(16-23-45)39-40-41)37(49)31-24-30(14-15-32(31)42(35(37)48)22-9-7-13-33(46)50-2)43-26-44(29-11-4-3-5-12-29)36(34(43)47)17-19-38-20-18-36/h3-6,10-12,14-15,24-25,27,38,45,49H,7-9,13,16-23,26H2,1-2H3/b10-6+/t27-,37+/m0/s1. The molecule has 2 amide bonds. The molecule has 6 rings (SSSR count). The summed E-state index contributed by atoms with van der Waals surface area (Å²) in [4.78, 5) is 45.9. The first-order valence-corrected chi connectivity index (χ1v) is 17.5.